The van der Waals surface area contributed by atoms with E-state index in [0.717, 1.165) is 5.76 Å². The van der Waals surface area contributed by atoms with Crippen LogP contribution < -0.4 is 10.6 Å². The van der Waals surface area contributed by atoms with Crippen LogP contribution in [0, 0.1) is 0 Å². The first-order chi connectivity index (χ1) is 13.5. The first-order valence-corrected chi connectivity index (χ1v) is 9.27. The molecule has 2 aromatic rings. The highest BCUT2D eigenvalue weighted by Crippen LogP contribution is 2.30. The lowest BCUT2D eigenvalue weighted by Gasteiger charge is -2.28. The maximum Gasteiger partial charge on any atom is 0.333 e. The van der Waals surface area contributed by atoms with E-state index in [4.69, 9.17) is 9.15 Å². The van der Waals surface area contributed by atoms with E-state index in [1.165, 1.54) is 7.11 Å². The summed E-state index contributed by atoms with van der Waals surface area (Å²) in [7, 11) is 1.29. The molecule has 1 unspecified atom stereocenters. The number of hydrogen-bond donors (Lipinski definition) is 2. The van der Waals surface area contributed by atoms with E-state index in [-0.39, 0.29) is 18.2 Å². The first kappa shape index (κ1) is 19.7. The van der Waals surface area contributed by atoms with Gasteiger partial charge in [0.05, 0.1) is 13.4 Å². The van der Waals surface area contributed by atoms with Gasteiger partial charge in [-0.2, -0.15) is 0 Å². The molecule has 1 saturated heterocycles. The standard InChI is InChI=1S/C21H24N2O5/c1-27-20(26)19(15-6-3-2-4-7-15)22-17(24)9-11-21(12-10-18(25)23-21)14-16-8-5-13-28-16/h2-8,13,19H,9-12,14H2,1H3,(H,22,24)(H,23,25)/t19-,21?/m0/s1. The second-order valence-corrected chi connectivity index (χ2v) is 7.02. The third-order valence-corrected chi connectivity index (χ3v) is 5.03. The lowest BCUT2D eigenvalue weighted by atomic mass is 9.87. The summed E-state index contributed by atoms with van der Waals surface area (Å²) in [4.78, 5) is 36.5. The summed E-state index contributed by atoms with van der Waals surface area (Å²) < 4.78 is 10.2. The molecule has 1 aliphatic heterocycles. The molecule has 2 atom stereocenters. The number of amides is 2. The van der Waals surface area contributed by atoms with E-state index in [1.54, 1.807) is 36.6 Å². The minimum Gasteiger partial charge on any atom is -0.469 e. The SMILES string of the molecule is COC(=O)[C@@H](NC(=O)CCC1(Cc2ccco2)CCC(=O)N1)c1ccccc1. The van der Waals surface area contributed by atoms with Gasteiger partial charge in [0.25, 0.3) is 0 Å². The van der Waals surface area contributed by atoms with Crippen LogP contribution in [0.15, 0.2) is 53.1 Å². The van der Waals surface area contributed by atoms with Crippen molar-refractivity contribution in [2.75, 3.05) is 7.11 Å². The Morgan fingerprint density at radius 3 is 2.64 bits per heavy atom. The van der Waals surface area contributed by atoms with Crippen molar-refractivity contribution in [3.63, 3.8) is 0 Å². The molecular formula is C21H24N2O5. The first-order valence-electron chi connectivity index (χ1n) is 9.27. The highest BCUT2D eigenvalue weighted by atomic mass is 16.5. The maximum atomic E-state index is 12.6. The predicted molar refractivity (Wildman–Crippen MR) is 101 cm³/mol. The Labute approximate surface area is 163 Å². The zero-order valence-electron chi connectivity index (χ0n) is 15.8. The van der Waals surface area contributed by atoms with Crippen molar-refractivity contribution >= 4 is 17.8 Å². The van der Waals surface area contributed by atoms with Crippen molar-refractivity contribution < 1.29 is 23.5 Å². The van der Waals surface area contributed by atoms with E-state index in [2.05, 4.69) is 10.6 Å². The zero-order valence-corrected chi connectivity index (χ0v) is 15.8. The van der Waals surface area contributed by atoms with Crippen molar-refractivity contribution in [1.29, 1.82) is 0 Å². The smallest absolute Gasteiger partial charge is 0.333 e. The molecule has 0 spiro atoms. The molecule has 2 N–H and O–H groups in total. The fourth-order valence-corrected chi connectivity index (χ4v) is 3.56. The number of furan rings is 1. The number of hydrogen-bond acceptors (Lipinski definition) is 5. The maximum absolute atomic E-state index is 12.6. The number of methoxy groups -OCH3 is 1. The Morgan fingerprint density at radius 2 is 2.04 bits per heavy atom. The molecule has 1 aromatic heterocycles. The van der Waals surface area contributed by atoms with E-state index >= 15 is 0 Å². The van der Waals surface area contributed by atoms with Crippen molar-refractivity contribution in [2.24, 2.45) is 0 Å². The summed E-state index contributed by atoms with van der Waals surface area (Å²) >= 11 is 0. The van der Waals surface area contributed by atoms with Crippen LogP contribution in [0.3, 0.4) is 0 Å². The number of nitrogens with one attached hydrogen (secondary N) is 2. The minimum absolute atomic E-state index is 0.0244. The van der Waals surface area contributed by atoms with Crippen LogP contribution in [0.25, 0.3) is 0 Å². The van der Waals surface area contributed by atoms with Gasteiger partial charge in [0.15, 0.2) is 6.04 Å². The van der Waals surface area contributed by atoms with Gasteiger partial charge in [-0.1, -0.05) is 30.3 Å². The summed E-state index contributed by atoms with van der Waals surface area (Å²) in [6.07, 6.45) is 3.80. The molecule has 7 heteroatoms. The van der Waals surface area contributed by atoms with Crippen LogP contribution in [0.1, 0.15) is 43.0 Å². The fourth-order valence-electron chi connectivity index (χ4n) is 3.56. The molecule has 0 radical (unpaired) electrons. The normalized spacial score (nSPS) is 19.7. The van der Waals surface area contributed by atoms with Gasteiger partial charge >= 0.3 is 5.97 Å². The van der Waals surface area contributed by atoms with Crippen molar-refractivity contribution in [2.45, 2.75) is 43.7 Å². The lowest BCUT2D eigenvalue weighted by Crippen LogP contribution is -2.45. The summed E-state index contributed by atoms with van der Waals surface area (Å²) in [5.74, 6) is -0.0683. The van der Waals surface area contributed by atoms with Gasteiger partial charge in [-0.15, -0.1) is 0 Å². The molecule has 0 bridgehead atoms. The molecule has 0 aliphatic carbocycles. The molecule has 2 heterocycles. The van der Waals surface area contributed by atoms with Crippen LogP contribution in [-0.4, -0.2) is 30.4 Å². The van der Waals surface area contributed by atoms with Crippen molar-refractivity contribution in [3.8, 4) is 0 Å². The summed E-state index contributed by atoms with van der Waals surface area (Å²) in [5.41, 5.74) is 0.141. The largest absolute Gasteiger partial charge is 0.469 e. The van der Waals surface area contributed by atoms with Crippen LogP contribution in [-0.2, 0) is 25.5 Å². The molecule has 1 aromatic carbocycles. The predicted octanol–water partition coefficient (Wildman–Crippen LogP) is 2.28. The molecule has 1 aliphatic rings. The Hall–Kier alpha value is -3.09. The van der Waals surface area contributed by atoms with E-state index in [1.807, 2.05) is 12.1 Å². The number of benzene rings is 1. The molecule has 28 heavy (non-hydrogen) atoms. The topological polar surface area (TPSA) is 97.6 Å². The van der Waals surface area contributed by atoms with Gasteiger partial charge in [0, 0.05) is 24.8 Å². The Kier molecular flexibility index (Phi) is 6.13. The Bertz CT molecular complexity index is 819. The monoisotopic (exact) mass is 384 g/mol. The van der Waals surface area contributed by atoms with Gasteiger partial charge < -0.3 is 19.8 Å². The van der Waals surface area contributed by atoms with Gasteiger partial charge in [-0.05, 0) is 30.5 Å². The summed E-state index contributed by atoms with van der Waals surface area (Å²) in [5, 5.41) is 5.76. The number of carbonyl (C=O) groups is 3. The average Bonchev–Trinajstić information content (AvgIpc) is 3.35. The molecule has 2 amide bonds. The number of ether oxygens (including phenoxy) is 1. The number of carbonyl (C=O) groups excluding carboxylic acids is 3. The average molecular weight is 384 g/mol. The third-order valence-electron chi connectivity index (χ3n) is 5.03. The second-order valence-electron chi connectivity index (χ2n) is 7.02. The van der Waals surface area contributed by atoms with E-state index in [9.17, 15) is 14.4 Å². The zero-order chi connectivity index (χ0) is 20.0. The molecule has 148 valence electrons. The van der Waals surface area contributed by atoms with Gasteiger partial charge in [0.1, 0.15) is 5.76 Å². The summed E-state index contributed by atoms with van der Waals surface area (Å²) in [6, 6.07) is 11.7. The van der Waals surface area contributed by atoms with Gasteiger partial charge in [-0.25, -0.2) is 4.79 Å². The molecule has 0 saturated carbocycles. The second kappa shape index (κ2) is 8.73. The van der Waals surface area contributed by atoms with Gasteiger partial charge in [-0.3, -0.25) is 9.59 Å². The van der Waals surface area contributed by atoms with Crippen molar-refractivity contribution in [1.82, 2.24) is 10.6 Å². The number of esters is 1. The number of rotatable bonds is 8. The molecule has 1 fully saturated rings. The highest BCUT2D eigenvalue weighted by Gasteiger charge is 2.39. The molecular weight excluding hydrogens is 360 g/mol. The van der Waals surface area contributed by atoms with Crippen LogP contribution >= 0.6 is 0 Å². The Balaban J connectivity index is 1.65. The quantitative estimate of drug-likeness (QED) is 0.681. The highest BCUT2D eigenvalue weighted by molar-refractivity contribution is 5.85. The Morgan fingerprint density at radius 1 is 1.25 bits per heavy atom. The van der Waals surface area contributed by atoms with Gasteiger partial charge in [0.2, 0.25) is 11.8 Å². The lowest BCUT2D eigenvalue weighted by molar-refractivity contribution is -0.145. The minimum atomic E-state index is -0.863. The van der Waals surface area contributed by atoms with E-state index < -0.39 is 17.6 Å². The third kappa shape index (κ3) is 4.79. The summed E-state index contributed by atoms with van der Waals surface area (Å²) in [6.45, 7) is 0. The van der Waals surface area contributed by atoms with E-state index in [0.29, 0.717) is 31.2 Å². The van der Waals surface area contributed by atoms with Crippen LogP contribution in [0.5, 0.6) is 0 Å². The van der Waals surface area contributed by atoms with Crippen LogP contribution in [0.4, 0.5) is 0 Å². The fraction of sp³-hybridized carbons (Fsp3) is 0.381. The van der Waals surface area contributed by atoms with Crippen LogP contribution in [0.2, 0.25) is 0 Å². The van der Waals surface area contributed by atoms with Crippen molar-refractivity contribution in [3.05, 3.63) is 60.1 Å². The molecule has 7 nitrogen and oxygen atoms in total. The molecule has 3 rings (SSSR count).